The zero-order valence-electron chi connectivity index (χ0n) is 10.4. The molecule has 20 heavy (non-hydrogen) atoms. The minimum Gasteiger partial charge on any atom is -0.361 e. The van der Waals surface area contributed by atoms with Crippen LogP contribution in [0.3, 0.4) is 0 Å². The van der Waals surface area contributed by atoms with Crippen LogP contribution in [0.5, 0.6) is 0 Å². The number of rotatable bonds is 4. The van der Waals surface area contributed by atoms with E-state index in [4.69, 9.17) is 16.1 Å². The molecule has 1 amide bonds. The summed E-state index contributed by atoms with van der Waals surface area (Å²) < 4.78 is 4.86. The third-order valence-electron chi connectivity index (χ3n) is 2.53. The van der Waals surface area contributed by atoms with Crippen LogP contribution in [-0.4, -0.2) is 16.0 Å². The van der Waals surface area contributed by atoms with E-state index in [2.05, 4.69) is 10.5 Å². The van der Waals surface area contributed by atoms with Crippen LogP contribution in [0.1, 0.15) is 21.8 Å². The first-order valence-electron chi connectivity index (χ1n) is 5.62. The highest BCUT2D eigenvalue weighted by atomic mass is 35.5. The number of carbonyl (C=O) groups excluding carboxylic acids is 1. The highest BCUT2D eigenvalue weighted by molar-refractivity contribution is 6.35. The van der Waals surface area contributed by atoms with Crippen LogP contribution in [0.2, 0.25) is 5.02 Å². The van der Waals surface area contributed by atoms with E-state index in [1.165, 1.54) is 18.2 Å². The van der Waals surface area contributed by atoms with Gasteiger partial charge < -0.3 is 9.84 Å². The summed E-state index contributed by atoms with van der Waals surface area (Å²) in [7, 11) is 0. The van der Waals surface area contributed by atoms with Gasteiger partial charge in [-0.15, -0.1) is 0 Å². The van der Waals surface area contributed by atoms with E-state index < -0.39 is 10.8 Å². The van der Waals surface area contributed by atoms with E-state index in [0.717, 1.165) is 0 Å². The van der Waals surface area contributed by atoms with Crippen molar-refractivity contribution in [3.63, 3.8) is 0 Å². The lowest BCUT2D eigenvalue weighted by Crippen LogP contribution is -2.23. The number of aryl methyl sites for hydroxylation is 1. The van der Waals surface area contributed by atoms with E-state index in [9.17, 15) is 14.9 Å². The molecule has 8 heteroatoms. The molecule has 1 aromatic heterocycles. The lowest BCUT2D eigenvalue weighted by molar-refractivity contribution is -0.384. The Labute approximate surface area is 118 Å². The van der Waals surface area contributed by atoms with Gasteiger partial charge in [0.15, 0.2) is 0 Å². The number of nitrogens with one attached hydrogen (secondary N) is 1. The first-order chi connectivity index (χ1) is 9.49. The van der Waals surface area contributed by atoms with Crippen molar-refractivity contribution < 1.29 is 14.2 Å². The third-order valence-corrected chi connectivity index (χ3v) is 2.92. The smallest absolute Gasteiger partial charge is 0.288 e. The monoisotopic (exact) mass is 295 g/mol. The van der Waals surface area contributed by atoms with Gasteiger partial charge in [-0.25, -0.2) is 0 Å². The Hall–Kier alpha value is -2.41. The van der Waals surface area contributed by atoms with Crippen LogP contribution in [0, 0.1) is 17.0 Å². The molecule has 0 radical (unpaired) electrons. The second-order valence-corrected chi connectivity index (χ2v) is 4.39. The van der Waals surface area contributed by atoms with E-state index in [0.29, 0.717) is 11.5 Å². The van der Waals surface area contributed by atoms with Crippen molar-refractivity contribution in [1.29, 1.82) is 0 Å². The normalized spacial score (nSPS) is 10.3. The maximum absolute atomic E-state index is 11.9. The van der Waals surface area contributed by atoms with Crippen molar-refractivity contribution in [2.75, 3.05) is 0 Å². The van der Waals surface area contributed by atoms with Gasteiger partial charge in [-0.2, -0.15) is 0 Å². The highest BCUT2D eigenvalue weighted by Gasteiger charge is 2.19. The van der Waals surface area contributed by atoms with Gasteiger partial charge in [0.1, 0.15) is 16.5 Å². The largest absolute Gasteiger partial charge is 0.361 e. The van der Waals surface area contributed by atoms with Crippen molar-refractivity contribution in [2.45, 2.75) is 13.5 Å². The molecule has 0 atom stereocenters. The average Bonchev–Trinajstić information content (AvgIpc) is 2.81. The van der Waals surface area contributed by atoms with Crippen LogP contribution >= 0.6 is 11.6 Å². The molecule has 0 unspecified atom stereocenters. The number of nitro groups is 1. The molecule has 1 heterocycles. The Morgan fingerprint density at radius 2 is 2.30 bits per heavy atom. The topological polar surface area (TPSA) is 98.3 Å². The van der Waals surface area contributed by atoms with Gasteiger partial charge in [0.25, 0.3) is 11.6 Å². The molecule has 0 saturated carbocycles. The Balaban J connectivity index is 2.13. The highest BCUT2D eigenvalue weighted by Crippen LogP contribution is 2.27. The van der Waals surface area contributed by atoms with Gasteiger partial charge in [-0.3, -0.25) is 14.9 Å². The standard InChI is InChI=1S/C12H10ClN3O4/c1-7-5-8(15-20-7)6-14-12(17)9-3-2-4-10(11(9)13)16(18)19/h2-5H,6H2,1H3,(H,14,17). The molecule has 1 N–H and O–H groups in total. The summed E-state index contributed by atoms with van der Waals surface area (Å²) in [5.74, 6) is 0.113. The zero-order chi connectivity index (χ0) is 14.7. The van der Waals surface area contributed by atoms with Crippen LogP contribution in [0.25, 0.3) is 0 Å². The predicted molar refractivity (Wildman–Crippen MR) is 70.5 cm³/mol. The Morgan fingerprint density at radius 3 is 2.90 bits per heavy atom. The van der Waals surface area contributed by atoms with Gasteiger partial charge in [0, 0.05) is 12.1 Å². The molecule has 0 aliphatic rings. The van der Waals surface area contributed by atoms with Gasteiger partial charge >= 0.3 is 0 Å². The molecule has 2 rings (SSSR count). The van der Waals surface area contributed by atoms with Crippen molar-refractivity contribution in [1.82, 2.24) is 10.5 Å². The molecule has 1 aromatic carbocycles. The van der Waals surface area contributed by atoms with Gasteiger partial charge in [0.2, 0.25) is 0 Å². The number of nitrogens with zero attached hydrogens (tertiary/aromatic N) is 2. The molecule has 104 valence electrons. The minimum atomic E-state index is -0.639. The predicted octanol–water partition coefficient (Wildman–Crippen LogP) is 2.47. The van der Waals surface area contributed by atoms with Crippen LogP contribution in [0.4, 0.5) is 5.69 Å². The number of hydrogen-bond donors (Lipinski definition) is 1. The van der Waals surface area contributed by atoms with Crippen LogP contribution in [0.15, 0.2) is 28.8 Å². The van der Waals surface area contributed by atoms with Crippen LogP contribution in [-0.2, 0) is 6.54 Å². The lowest BCUT2D eigenvalue weighted by Gasteiger charge is -2.05. The third kappa shape index (κ3) is 2.94. The number of benzene rings is 1. The first-order valence-corrected chi connectivity index (χ1v) is 6.00. The van der Waals surface area contributed by atoms with E-state index in [1.54, 1.807) is 13.0 Å². The molecule has 0 bridgehead atoms. The first kappa shape index (κ1) is 14.0. The summed E-state index contributed by atoms with van der Waals surface area (Å²) in [6.45, 7) is 1.88. The SMILES string of the molecule is Cc1cc(CNC(=O)c2cccc([N+](=O)[O-])c2Cl)no1. The molecule has 7 nitrogen and oxygen atoms in total. The fourth-order valence-corrected chi connectivity index (χ4v) is 1.88. The van der Waals surface area contributed by atoms with Crippen molar-refractivity contribution in [3.8, 4) is 0 Å². The average molecular weight is 296 g/mol. The second kappa shape index (κ2) is 5.70. The van der Waals surface area contributed by atoms with E-state index in [1.807, 2.05) is 0 Å². The fraction of sp³-hybridized carbons (Fsp3) is 0.167. The van der Waals surface area contributed by atoms with E-state index in [-0.39, 0.29) is 22.8 Å². The Morgan fingerprint density at radius 1 is 1.55 bits per heavy atom. The van der Waals surface area contributed by atoms with Crippen molar-refractivity contribution in [3.05, 3.63) is 56.4 Å². The molecular formula is C12H10ClN3O4. The van der Waals surface area contributed by atoms with Crippen LogP contribution < -0.4 is 5.32 Å². The minimum absolute atomic E-state index is 0.0427. The van der Waals surface area contributed by atoms with Crippen molar-refractivity contribution >= 4 is 23.2 Å². The number of nitro benzene ring substituents is 1. The Bertz CT molecular complexity index is 668. The second-order valence-electron chi connectivity index (χ2n) is 4.01. The maximum Gasteiger partial charge on any atom is 0.288 e. The number of carbonyl (C=O) groups is 1. The molecule has 0 saturated heterocycles. The zero-order valence-corrected chi connectivity index (χ0v) is 11.2. The summed E-state index contributed by atoms with van der Waals surface area (Å²) in [5.41, 5.74) is 0.287. The molecule has 0 spiro atoms. The number of amides is 1. The quantitative estimate of drug-likeness (QED) is 0.690. The summed E-state index contributed by atoms with van der Waals surface area (Å²) in [5, 5.41) is 16.8. The van der Waals surface area contributed by atoms with Gasteiger partial charge in [-0.05, 0) is 13.0 Å². The maximum atomic E-state index is 11.9. The summed E-state index contributed by atoms with van der Waals surface area (Å²) >= 11 is 5.85. The fourth-order valence-electron chi connectivity index (χ4n) is 1.60. The van der Waals surface area contributed by atoms with Gasteiger partial charge in [-0.1, -0.05) is 22.8 Å². The number of hydrogen-bond acceptors (Lipinski definition) is 5. The van der Waals surface area contributed by atoms with Crippen molar-refractivity contribution in [2.24, 2.45) is 0 Å². The molecule has 0 aliphatic carbocycles. The number of aromatic nitrogens is 1. The van der Waals surface area contributed by atoms with E-state index >= 15 is 0 Å². The summed E-state index contributed by atoms with van der Waals surface area (Å²) in [6, 6.07) is 5.73. The summed E-state index contributed by atoms with van der Waals surface area (Å²) in [6.07, 6.45) is 0. The number of halogens is 1. The van der Waals surface area contributed by atoms with Gasteiger partial charge in [0.05, 0.1) is 17.0 Å². The molecule has 0 aliphatic heterocycles. The molecule has 0 fully saturated rings. The lowest BCUT2D eigenvalue weighted by atomic mass is 10.2. The molecule has 2 aromatic rings. The summed E-state index contributed by atoms with van der Waals surface area (Å²) in [4.78, 5) is 22.1. The Kier molecular flexibility index (Phi) is 3.99. The molecular weight excluding hydrogens is 286 g/mol.